The third-order valence-corrected chi connectivity index (χ3v) is 1.46. The average molecular weight is 185 g/mol. The van der Waals surface area contributed by atoms with Gasteiger partial charge in [0.1, 0.15) is 0 Å². The van der Waals surface area contributed by atoms with Crippen molar-refractivity contribution in [3.63, 3.8) is 0 Å². The number of hydrogen-bond acceptors (Lipinski definition) is 4. The van der Waals surface area contributed by atoms with Crippen LogP contribution >= 0.6 is 0 Å². The van der Waals surface area contributed by atoms with Gasteiger partial charge in [0.15, 0.2) is 0 Å². The summed E-state index contributed by atoms with van der Waals surface area (Å²) >= 11 is 0. The molecule has 4 nitrogen and oxygen atoms in total. The van der Waals surface area contributed by atoms with Crippen LogP contribution in [0.2, 0.25) is 0 Å². The van der Waals surface area contributed by atoms with E-state index in [1.165, 1.54) is 6.08 Å². The van der Waals surface area contributed by atoms with E-state index in [1.807, 2.05) is 14.0 Å². The molecule has 13 heavy (non-hydrogen) atoms. The highest BCUT2D eigenvalue weighted by Gasteiger charge is 2.10. The van der Waals surface area contributed by atoms with Crippen LogP contribution in [0.3, 0.4) is 0 Å². The fourth-order valence-electron chi connectivity index (χ4n) is 0.571. The van der Waals surface area contributed by atoms with E-state index < -0.39 is 11.8 Å². The highest BCUT2D eigenvalue weighted by atomic mass is 16.5. The van der Waals surface area contributed by atoms with Crippen molar-refractivity contribution in [1.82, 2.24) is 4.90 Å². The molecular formula is C9H15NO3. The Labute approximate surface area is 78.2 Å². The molecule has 0 radical (unpaired) electrons. The van der Waals surface area contributed by atoms with Gasteiger partial charge in [0.25, 0.3) is 5.78 Å². The first-order chi connectivity index (χ1) is 6.11. The number of carbonyl (C=O) groups is 2. The second kappa shape index (κ2) is 6.22. The molecule has 0 aromatic rings. The molecule has 4 heteroatoms. The fraction of sp³-hybridized carbons (Fsp3) is 0.556. The van der Waals surface area contributed by atoms with Gasteiger partial charge in [-0.1, -0.05) is 0 Å². The molecule has 0 aliphatic rings. The highest BCUT2D eigenvalue weighted by molar-refractivity contribution is 6.38. The summed E-state index contributed by atoms with van der Waals surface area (Å²) in [5.74, 6) is -1.43. The van der Waals surface area contributed by atoms with E-state index >= 15 is 0 Å². The first-order valence-electron chi connectivity index (χ1n) is 4.21. The molecule has 0 aromatic carbocycles. The average Bonchev–Trinajstić information content (AvgIpc) is 2.13. The molecule has 0 atom stereocenters. The lowest BCUT2D eigenvalue weighted by atomic mass is 10.4. The van der Waals surface area contributed by atoms with Crippen molar-refractivity contribution in [2.24, 2.45) is 0 Å². The quantitative estimate of drug-likeness (QED) is 0.357. The maximum atomic E-state index is 11.0. The molecule has 0 amide bonds. The summed E-state index contributed by atoms with van der Waals surface area (Å²) in [7, 11) is 1.81. The van der Waals surface area contributed by atoms with Gasteiger partial charge in [0.05, 0.1) is 6.61 Å². The minimum atomic E-state index is -0.803. The van der Waals surface area contributed by atoms with Crippen LogP contribution in [0, 0.1) is 0 Å². The number of nitrogens with zero attached hydrogens (tertiary/aromatic N) is 1. The van der Waals surface area contributed by atoms with Crippen molar-refractivity contribution in [3.05, 3.63) is 12.3 Å². The minimum Gasteiger partial charge on any atom is -0.460 e. The second-order valence-electron chi connectivity index (χ2n) is 2.47. The van der Waals surface area contributed by atoms with E-state index in [0.29, 0.717) is 0 Å². The van der Waals surface area contributed by atoms with Crippen LogP contribution in [0.25, 0.3) is 0 Å². The summed E-state index contributed by atoms with van der Waals surface area (Å²) in [6.07, 6.45) is 2.76. The maximum absolute atomic E-state index is 11.0. The van der Waals surface area contributed by atoms with Crippen LogP contribution in [0.15, 0.2) is 12.3 Å². The molecule has 0 rings (SSSR count). The zero-order chi connectivity index (χ0) is 10.3. The minimum absolute atomic E-state index is 0.224. The van der Waals surface area contributed by atoms with Crippen LogP contribution in [0.5, 0.6) is 0 Å². The van der Waals surface area contributed by atoms with Gasteiger partial charge in [-0.25, -0.2) is 4.79 Å². The molecule has 0 spiro atoms. The lowest BCUT2D eigenvalue weighted by Gasteiger charge is -2.08. The number of carbonyl (C=O) groups excluding carboxylic acids is 2. The van der Waals surface area contributed by atoms with Crippen molar-refractivity contribution in [3.8, 4) is 0 Å². The summed E-state index contributed by atoms with van der Waals surface area (Å²) in [5.41, 5.74) is 0. The molecule has 0 aliphatic carbocycles. The Morgan fingerprint density at radius 3 is 2.46 bits per heavy atom. The zero-order valence-electron chi connectivity index (χ0n) is 8.24. The Kier molecular flexibility index (Phi) is 5.59. The summed E-state index contributed by atoms with van der Waals surface area (Å²) in [6, 6.07) is 0. The Morgan fingerprint density at radius 1 is 1.38 bits per heavy atom. The molecule has 0 aromatic heterocycles. The van der Waals surface area contributed by atoms with E-state index in [0.717, 1.165) is 6.54 Å². The molecule has 0 unspecified atom stereocenters. The first-order valence-corrected chi connectivity index (χ1v) is 4.21. The van der Waals surface area contributed by atoms with Gasteiger partial charge in [-0.3, -0.25) is 4.79 Å². The van der Waals surface area contributed by atoms with E-state index in [9.17, 15) is 9.59 Å². The van der Waals surface area contributed by atoms with Crippen molar-refractivity contribution in [2.45, 2.75) is 13.8 Å². The van der Waals surface area contributed by atoms with E-state index in [4.69, 9.17) is 0 Å². The monoisotopic (exact) mass is 185 g/mol. The van der Waals surface area contributed by atoms with Gasteiger partial charge in [-0.05, 0) is 13.8 Å². The van der Waals surface area contributed by atoms with E-state index in [-0.39, 0.29) is 6.61 Å². The smallest absolute Gasteiger partial charge is 0.379 e. The van der Waals surface area contributed by atoms with Gasteiger partial charge in [0, 0.05) is 25.9 Å². The molecule has 0 aliphatic heterocycles. The van der Waals surface area contributed by atoms with Crippen LogP contribution < -0.4 is 0 Å². The number of esters is 1. The summed E-state index contributed by atoms with van der Waals surface area (Å²) in [4.78, 5) is 23.6. The summed E-state index contributed by atoms with van der Waals surface area (Å²) < 4.78 is 4.51. The largest absolute Gasteiger partial charge is 0.460 e. The second-order valence-corrected chi connectivity index (χ2v) is 2.47. The standard InChI is InChI=1S/C9H15NO3/c1-4-10(3)7-6-8(11)9(12)13-5-2/h6-7H,4-5H2,1-3H3/b7-6+. The summed E-state index contributed by atoms with van der Waals surface area (Å²) in [6.45, 7) is 4.61. The Hall–Kier alpha value is -1.32. The van der Waals surface area contributed by atoms with Crippen molar-refractivity contribution in [2.75, 3.05) is 20.2 Å². The van der Waals surface area contributed by atoms with E-state index in [2.05, 4.69) is 4.74 Å². The molecule has 0 saturated carbocycles. The molecule has 74 valence electrons. The Bertz CT molecular complexity index is 211. The Morgan fingerprint density at radius 2 is 2.00 bits per heavy atom. The molecule has 0 N–H and O–H groups in total. The molecular weight excluding hydrogens is 170 g/mol. The lowest BCUT2D eigenvalue weighted by molar-refractivity contribution is -0.151. The van der Waals surface area contributed by atoms with Gasteiger partial charge >= 0.3 is 5.97 Å². The van der Waals surface area contributed by atoms with Crippen molar-refractivity contribution in [1.29, 1.82) is 0 Å². The van der Waals surface area contributed by atoms with Gasteiger partial charge < -0.3 is 9.64 Å². The maximum Gasteiger partial charge on any atom is 0.379 e. The predicted octanol–water partition coefficient (Wildman–Crippen LogP) is 0.584. The predicted molar refractivity (Wildman–Crippen MR) is 49.1 cm³/mol. The third kappa shape index (κ3) is 5.00. The topological polar surface area (TPSA) is 46.6 Å². The van der Waals surface area contributed by atoms with Crippen LogP contribution in [-0.2, 0) is 14.3 Å². The van der Waals surface area contributed by atoms with Crippen LogP contribution in [0.1, 0.15) is 13.8 Å². The molecule has 0 fully saturated rings. The van der Waals surface area contributed by atoms with Crippen molar-refractivity contribution < 1.29 is 14.3 Å². The molecule has 0 bridgehead atoms. The molecule has 0 heterocycles. The van der Waals surface area contributed by atoms with Gasteiger partial charge in [0.2, 0.25) is 0 Å². The Balaban J connectivity index is 3.99. The number of hydrogen-bond donors (Lipinski definition) is 0. The lowest BCUT2D eigenvalue weighted by Crippen LogP contribution is -2.16. The number of ketones is 1. The number of rotatable bonds is 5. The fourth-order valence-corrected chi connectivity index (χ4v) is 0.571. The highest BCUT2D eigenvalue weighted by Crippen LogP contribution is 1.87. The third-order valence-electron chi connectivity index (χ3n) is 1.46. The summed E-state index contributed by atoms with van der Waals surface area (Å²) in [5, 5.41) is 0. The SMILES string of the molecule is CCOC(=O)C(=O)/C=C/N(C)CC. The first kappa shape index (κ1) is 11.7. The van der Waals surface area contributed by atoms with Crippen LogP contribution in [0.4, 0.5) is 0 Å². The normalized spacial score (nSPS) is 10.1. The van der Waals surface area contributed by atoms with Crippen molar-refractivity contribution >= 4 is 11.8 Å². The van der Waals surface area contributed by atoms with Crippen LogP contribution in [-0.4, -0.2) is 36.9 Å². The number of ether oxygens (including phenoxy) is 1. The zero-order valence-corrected chi connectivity index (χ0v) is 8.24. The van der Waals surface area contributed by atoms with E-state index in [1.54, 1.807) is 18.0 Å². The molecule has 0 saturated heterocycles. The van der Waals surface area contributed by atoms with Gasteiger partial charge in [-0.15, -0.1) is 0 Å². The van der Waals surface area contributed by atoms with Gasteiger partial charge in [-0.2, -0.15) is 0 Å².